The maximum Gasteiger partial charge on any atom is -0.0178 e. The van der Waals surface area contributed by atoms with Gasteiger partial charge in [-0.25, -0.2) is 0 Å². The molecule has 0 heterocycles. The molecule has 0 N–H and O–H groups in total. The zero-order valence-corrected chi connectivity index (χ0v) is 10.3. The van der Waals surface area contributed by atoms with Gasteiger partial charge in [0.15, 0.2) is 0 Å². The topological polar surface area (TPSA) is 0 Å². The Balaban J connectivity index is 2.40. The molecule has 0 aliphatic rings. The lowest BCUT2D eigenvalue weighted by Crippen LogP contribution is -1.80. The lowest BCUT2D eigenvalue weighted by molar-refractivity contribution is 1.61. The summed E-state index contributed by atoms with van der Waals surface area (Å²) in [5.41, 5.74) is 3.59. The van der Waals surface area contributed by atoms with E-state index in [1.54, 1.807) is 6.08 Å². The SMILES string of the molecule is C=CC=CC(=Cc1ccccc1)c1ccccc1. The van der Waals surface area contributed by atoms with Gasteiger partial charge in [0.05, 0.1) is 0 Å². The smallest absolute Gasteiger partial charge is 0.0178 e. The van der Waals surface area contributed by atoms with Crippen molar-refractivity contribution in [2.24, 2.45) is 0 Å². The second kappa shape index (κ2) is 6.41. The highest BCUT2D eigenvalue weighted by atomic mass is 14.0. The van der Waals surface area contributed by atoms with E-state index in [0.717, 1.165) is 0 Å². The minimum atomic E-state index is 1.18. The maximum absolute atomic E-state index is 3.72. The molecule has 0 radical (unpaired) electrons. The van der Waals surface area contributed by atoms with Crippen molar-refractivity contribution in [3.63, 3.8) is 0 Å². The van der Waals surface area contributed by atoms with Crippen LogP contribution in [0, 0.1) is 0 Å². The van der Waals surface area contributed by atoms with Crippen molar-refractivity contribution in [2.75, 3.05) is 0 Å². The van der Waals surface area contributed by atoms with Crippen LogP contribution in [-0.2, 0) is 0 Å². The zero-order valence-electron chi connectivity index (χ0n) is 10.3. The highest BCUT2D eigenvalue weighted by Gasteiger charge is 1.96. The average molecular weight is 232 g/mol. The van der Waals surface area contributed by atoms with Crippen molar-refractivity contribution in [3.05, 3.63) is 96.6 Å². The molecule has 18 heavy (non-hydrogen) atoms. The fourth-order valence-electron chi connectivity index (χ4n) is 1.76. The molecule has 0 saturated heterocycles. The molecule has 0 aromatic heterocycles. The van der Waals surface area contributed by atoms with Gasteiger partial charge in [-0.3, -0.25) is 0 Å². The summed E-state index contributed by atoms with van der Waals surface area (Å²) in [5, 5.41) is 0. The Hall–Kier alpha value is -2.34. The zero-order chi connectivity index (χ0) is 12.6. The molecule has 0 spiro atoms. The highest BCUT2D eigenvalue weighted by molar-refractivity contribution is 5.87. The van der Waals surface area contributed by atoms with E-state index in [4.69, 9.17) is 0 Å². The summed E-state index contributed by atoms with van der Waals surface area (Å²) >= 11 is 0. The van der Waals surface area contributed by atoms with E-state index in [0.29, 0.717) is 0 Å². The van der Waals surface area contributed by atoms with Crippen LogP contribution in [0.1, 0.15) is 11.1 Å². The van der Waals surface area contributed by atoms with Crippen LogP contribution in [0.15, 0.2) is 85.5 Å². The Morgan fingerprint density at radius 3 is 2.06 bits per heavy atom. The quantitative estimate of drug-likeness (QED) is 0.515. The van der Waals surface area contributed by atoms with E-state index in [-0.39, 0.29) is 0 Å². The molecule has 0 unspecified atom stereocenters. The monoisotopic (exact) mass is 232 g/mol. The lowest BCUT2D eigenvalue weighted by atomic mass is 10.0. The summed E-state index contributed by atoms with van der Waals surface area (Å²) in [7, 11) is 0. The molecular weight excluding hydrogens is 216 g/mol. The molecule has 0 bridgehead atoms. The van der Waals surface area contributed by atoms with Gasteiger partial charge in [-0.15, -0.1) is 0 Å². The third kappa shape index (κ3) is 3.33. The third-order valence-corrected chi connectivity index (χ3v) is 2.64. The first-order valence-electron chi connectivity index (χ1n) is 6.01. The Kier molecular flexibility index (Phi) is 4.32. The molecule has 2 aromatic carbocycles. The van der Waals surface area contributed by atoms with Crippen LogP contribution in [-0.4, -0.2) is 0 Å². The maximum atomic E-state index is 3.72. The largest absolute Gasteiger partial charge is 0.0991 e. The summed E-state index contributed by atoms with van der Waals surface area (Å²) in [5.74, 6) is 0. The van der Waals surface area contributed by atoms with Gasteiger partial charge in [0, 0.05) is 0 Å². The van der Waals surface area contributed by atoms with Crippen molar-refractivity contribution in [1.29, 1.82) is 0 Å². The van der Waals surface area contributed by atoms with Crippen molar-refractivity contribution in [2.45, 2.75) is 0 Å². The van der Waals surface area contributed by atoms with Gasteiger partial charge in [-0.1, -0.05) is 85.5 Å². The number of rotatable bonds is 4. The van der Waals surface area contributed by atoms with E-state index < -0.39 is 0 Å². The summed E-state index contributed by atoms with van der Waals surface area (Å²) in [6, 6.07) is 20.7. The Morgan fingerprint density at radius 2 is 1.44 bits per heavy atom. The first kappa shape index (κ1) is 12.1. The molecule has 0 amide bonds. The summed E-state index contributed by atoms with van der Waals surface area (Å²) < 4.78 is 0. The van der Waals surface area contributed by atoms with E-state index in [1.165, 1.54) is 16.7 Å². The predicted molar refractivity (Wildman–Crippen MR) is 80.1 cm³/mol. The molecule has 0 nitrogen and oxygen atoms in total. The van der Waals surface area contributed by atoms with Crippen LogP contribution in [0.2, 0.25) is 0 Å². The van der Waals surface area contributed by atoms with Crippen LogP contribution >= 0.6 is 0 Å². The molecule has 0 saturated carbocycles. The van der Waals surface area contributed by atoms with E-state index in [1.807, 2.05) is 30.3 Å². The first-order chi connectivity index (χ1) is 8.90. The number of benzene rings is 2. The number of allylic oxidation sites excluding steroid dienone is 4. The van der Waals surface area contributed by atoms with Crippen molar-refractivity contribution < 1.29 is 0 Å². The Morgan fingerprint density at radius 1 is 0.833 bits per heavy atom. The second-order valence-electron chi connectivity index (χ2n) is 3.97. The molecule has 2 rings (SSSR count). The van der Waals surface area contributed by atoms with Gasteiger partial charge in [-0.2, -0.15) is 0 Å². The third-order valence-electron chi connectivity index (χ3n) is 2.64. The summed E-state index contributed by atoms with van der Waals surface area (Å²) in [6.45, 7) is 3.72. The molecule has 0 fully saturated rings. The van der Waals surface area contributed by atoms with E-state index in [2.05, 4.69) is 55.1 Å². The second-order valence-corrected chi connectivity index (χ2v) is 3.97. The van der Waals surface area contributed by atoms with E-state index in [9.17, 15) is 0 Å². The van der Waals surface area contributed by atoms with Crippen LogP contribution in [0.3, 0.4) is 0 Å². The summed E-state index contributed by atoms with van der Waals surface area (Å²) in [4.78, 5) is 0. The van der Waals surface area contributed by atoms with Crippen LogP contribution in [0.25, 0.3) is 11.6 Å². The average Bonchev–Trinajstić information content (AvgIpc) is 2.45. The predicted octanol–water partition coefficient (Wildman–Crippen LogP) is 4.97. The van der Waals surface area contributed by atoms with Gasteiger partial charge in [0.2, 0.25) is 0 Å². The summed E-state index contributed by atoms with van der Waals surface area (Å²) in [6.07, 6.45) is 8.01. The molecule has 0 atom stereocenters. The van der Waals surface area contributed by atoms with Gasteiger partial charge in [0.25, 0.3) is 0 Å². The minimum Gasteiger partial charge on any atom is -0.0991 e. The molecule has 0 aliphatic carbocycles. The van der Waals surface area contributed by atoms with Crippen molar-refractivity contribution in [3.8, 4) is 0 Å². The van der Waals surface area contributed by atoms with E-state index >= 15 is 0 Å². The Bertz CT molecular complexity index is 545. The standard InChI is InChI=1S/C18H16/c1-2-3-12-18(17-13-8-5-9-14-17)15-16-10-6-4-7-11-16/h2-15H,1H2. The fraction of sp³-hybridized carbons (Fsp3) is 0. The van der Waals surface area contributed by atoms with Crippen molar-refractivity contribution >= 4 is 11.6 Å². The van der Waals surface area contributed by atoms with Crippen LogP contribution in [0.4, 0.5) is 0 Å². The Labute approximate surface area is 109 Å². The van der Waals surface area contributed by atoms with Gasteiger partial charge >= 0.3 is 0 Å². The van der Waals surface area contributed by atoms with Crippen LogP contribution in [0.5, 0.6) is 0 Å². The number of hydrogen-bond donors (Lipinski definition) is 0. The molecule has 0 aliphatic heterocycles. The fourth-order valence-corrected chi connectivity index (χ4v) is 1.76. The first-order valence-corrected chi connectivity index (χ1v) is 6.01. The molecule has 88 valence electrons. The lowest BCUT2D eigenvalue weighted by Gasteiger charge is -2.03. The van der Waals surface area contributed by atoms with Crippen molar-refractivity contribution in [1.82, 2.24) is 0 Å². The molecular formula is C18H16. The minimum absolute atomic E-state index is 1.18. The van der Waals surface area contributed by atoms with Crippen LogP contribution < -0.4 is 0 Å². The van der Waals surface area contributed by atoms with Gasteiger partial charge in [0.1, 0.15) is 0 Å². The number of hydrogen-bond acceptors (Lipinski definition) is 0. The highest BCUT2D eigenvalue weighted by Crippen LogP contribution is 2.19. The normalized spacial score (nSPS) is 11.7. The molecule has 2 aromatic rings. The van der Waals surface area contributed by atoms with Gasteiger partial charge < -0.3 is 0 Å². The molecule has 0 heteroatoms. The van der Waals surface area contributed by atoms with Gasteiger partial charge in [-0.05, 0) is 22.8 Å².